The third-order valence-corrected chi connectivity index (χ3v) is 4.98. The molecule has 2 aliphatic rings. The number of ether oxygens (including phenoxy) is 2. The monoisotopic (exact) mass is 261 g/mol. The maximum Gasteiger partial charge on any atom is 0.122 e. The summed E-state index contributed by atoms with van der Waals surface area (Å²) >= 11 is 0. The van der Waals surface area contributed by atoms with Crippen LogP contribution >= 0.6 is 0 Å². The summed E-state index contributed by atoms with van der Waals surface area (Å²) in [6.45, 7) is 2.21. The van der Waals surface area contributed by atoms with E-state index in [0.29, 0.717) is 11.3 Å². The standard InChI is InChI=1S/C16H23NO2/c1-18-12-5-6-15(19-2)13(9-12)14-10-17-11-16(14)7-3-4-8-16/h5-6,9,14,17H,3-4,7-8,10-11H2,1-2H3. The van der Waals surface area contributed by atoms with Crippen LogP contribution in [0.3, 0.4) is 0 Å². The molecule has 1 aromatic rings. The third kappa shape index (κ3) is 2.10. The van der Waals surface area contributed by atoms with Crippen molar-refractivity contribution in [3.05, 3.63) is 23.8 Å². The predicted molar refractivity (Wildman–Crippen MR) is 76.1 cm³/mol. The summed E-state index contributed by atoms with van der Waals surface area (Å²) in [5, 5.41) is 3.60. The second-order valence-electron chi connectivity index (χ2n) is 5.86. The quantitative estimate of drug-likeness (QED) is 0.907. The lowest BCUT2D eigenvalue weighted by Gasteiger charge is -2.31. The first-order chi connectivity index (χ1) is 9.29. The van der Waals surface area contributed by atoms with Gasteiger partial charge in [-0.15, -0.1) is 0 Å². The van der Waals surface area contributed by atoms with E-state index in [0.717, 1.165) is 24.6 Å². The van der Waals surface area contributed by atoms with Gasteiger partial charge in [0.2, 0.25) is 0 Å². The smallest absolute Gasteiger partial charge is 0.122 e. The number of benzene rings is 1. The van der Waals surface area contributed by atoms with E-state index in [1.54, 1.807) is 14.2 Å². The Hall–Kier alpha value is -1.22. The number of rotatable bonds is 3. The Morgan fingerprint density at radius 2 is 1.95 bits per heavy atom. The molecule has 1 atom stereocenters. The predicted octanol–water partition coefficient (Wildman–Crippen LogP) is 2.95. The van der Waals surface area contributed by atoms with Crippen molar-refractivity contribution in [3.8, 4) is 11.5 Å². The molecule has 2 fully saturated rings. The molecule has 3 heteroatoms. The van der Waals surface area contributed by atoms with Crippen molar-refractivity contribution in [2.24, 2.45) is 5.41 Å². The summed E-state index contributed by atoms with van der Waals surface area (Å²) in [5.74, 6) is 2.48. The van der Waals surface area contributed by atoms with Crippen LogP contribution in [0.5, 0.6) is 11.5 Å². The van der Waals surface area contributed by atoms with Gasteiger partial charge in [0.25, 0.3) is 0 Å². The third-order valence-electron chi connectivity index (χ3n) is 4.98. The molecule has 0 amide bonds. The lowest BCUT2D eigenvalue weighted by atomic mass is 9.73. The molecule has 1 saturated carbocycles. The summed E-state index contributed by atoms with van der Waals surface area (Å²) in [4.78, 5) is 0. The van der Waals surface area contributed by atoms with Gasteiger partial charge < -0.3 is 14.8 Å². The second-order valence-corrected chi connectivity index (χ2v) is 5.86. The van der Waals surface area contributed by atoms with Crippen molar-refractivity contribution >= 4 is 0 Å². The topological polar surface area (TPSA) is 30.5 Å². The zero-order valence-electron chi connectivity index (χ0n) is 11.9. The van der Waals surface area contributed by atoms with Gasteiger partial charge in [0.1, 0.15) is 11.5 Å². The van der Waals surface area contributed by atoms with Gasteiger partial charge >= 0.3 is 0 Å². The summed E-state index contributed by atoms with van der Waals surface area (Å²) in [5.41, 5.74) is 1.76. The number of hydrogen-bond acceptors (Lipinski definition) is 3. The van der Waals surface area contributed by atoms with Crippen LogP contribution in [0.1, 0.15) is 37.2 Å². The summed E-state index contributed by atoms with van der Waals surface area (Å²) in [6.07, 6.45) is 5.41. The fourth-order valence-electron chi connectivity index (χ4n) is 3.96. The van der Waals surface area contributed by atoms with Crippen LogP contribution in [0.2, 0.25) is 0 Å². The molecule has 0 aromatic heterocycles. The Morgan fingerprint density at radius 1 is 1.16 bits per heavy atom. The van der Waals surface area contributed by atoms with E-state index in [9.17, 15) is 0 Å². The van der Waals surface area contributed by atoms with E-state index in [1.807, 2.05) is 12.1 Å². The van der Waals surface area contributed by atoms with Gasteiger partial charge in [-0.3, -0.25) is 0 Å². The van der Waals surface area contributed by atoms with Gasteiger partial charge in [0, 0.05) is 24.6 Å². The minimum Gasteiger partial charge on any atom is -0.497 e. The van der Waals surface area contributed by atoms with Crippen molar-refractivity contribution in [2.75, 3.05) is 27.3 Å². The first-order valence-corrected chi connectivity index (χ1v) is 7.22. The van der Waals surface area contributed by atoms with E-state index in [2.05, 4.69) is 11.4 Å². The van der Waals surface area contributed by atoms with Crippen molar-refractivity contribution in [1.82, 2.24) is 5.32 Å². The van der Waals surface area contributed by atoms with Gasteiger partial charge in [-0.05, 0) is 36.5 Å². The van der Waals surface area contributed by atoms with Crippen molar-refractivity contribution < 1.29 is 9.47 Å². The normalized spacial score (nSPS) is 24.8. The van der Waals surface area contributed by atoms with E-state index in [1.165, 1.54) is 31.2 Å². The Balaban J connectivity index is 2.00. The van der Waals surface area contributed by atoms with Gasteiger partial charge in [0.15, 0.2) is 0 Å². The van der Waals surface area contributed by atoms with E-state index < -0.39 is 0 Å². The Morgan fingerprint density at radius 3 is 2.63 bits per heavy atom. The van der Waals surface area contributed by atoms with Gasteiger partial charge in [-0.2, -0.15) is 0 Å². The van der Waals surface area contributed by atoms with Crippen LogP contribution in [0.25, 0.3) is 0 Å². The molecular formula is C16H23NO2. The average Bonchev–Trinajstić information content (AvgIpc) is 3.09. The molecule has 1 unspecified atom stereocenters. The lowest BCUT2D eigenvalue weighted by molar-refractivity contribution is 0.287. The van der Waals surface area contributed by atoms with Gasteiger partial charge in [-0.1, -0.05) is 12.8 Å². The molecule has 1 spiro atoms. The molecule has 104 valence electrons. The minimum absolute atomic E-state index is 0.444. The SMILES string of the molecule is COc1ccc(OC)c(C2CNCC23CCCC3)c1. The number of hydrogen-bond donors (Lipinski definition) is 1. The first kappa shape index (κ1) is 12.8. The lowest BCUT2D eigenvalue weighted by Crippen LogP contribution is -2.25. The van der Waals surface area contributed by atoms with Crippen LogP contribution in [-0.4, -0.2) is 27.3 Å². The summed E-state index contributed by atoms with van der Waals surface area (Å²) in [7, 11) is 3.48. The molecule has 19 heavy (non-hydrogen) atoms. The van der Waals surface area contributed by atoms with Gasteiger partial charge in [-0.25, -0.2) is 0 Å². The highest BCUT2D eigenvalue weighted by Gasteiger charge is 2.46. The highest BCUT2D eigenvalue weighted by Crippen LogP contribution is 2.52. The average molecular weight is 261 g/mol. The highest BCUT2D eigenvalue weighted by atomic mass is 16.5. The second kappa shape index (κ2) is 5.04. The van der Waals surface area contributed by atoms with Crippen LogP contribution in [0.4, 0.5) is 0 Å². The summed E-state index contributed by atoms with van der Waals surface area (Å²) < 4.78 is 11.0. The largest absolute Gasteiger partial charge is 0.497 e. The first-order valence-electron chi connectivity index (χ1n) is 7.22. The molecule has 0 bridgehead atoms. The molecule has 1 aliphatic carbocycles. The number of nitrogens with one attached hydrogen (secondary N) is 1. The Bertz CT molecular complexity index is 447. The molecule has 0 radical (unpaired) electrons. The molecule has 1 aliphatic heterocycles. The number of methoxy groups -OCH3 is 2. The van der Waals surface area contributed by atoms with Crippen molar-refractivity contribution in [2.45, 2.75) is 31.6 Å². The maximum atomic E-state index is 5.58. The Kier molecular flexibility index (Phi) is 3.40. The van der Waals surface area contributed by atoms with Crippen LogP contribution < -0.4 is 14.8 Å². The zero-order chi connectivity index (χ0) is 13.3. The maximum absolute atomic E-state index is 5.58. The fraction of sp³-hybridized carbons (Fsp3) is 0.625. The molecule has 3 rings (SSSR count). The molecule has 1 saturated heterocycles. The van der Waals surface area contributed by atoms with Gasteiger partial charge in [0.05, 0.1) is 14.2 Å². The molecule has 3 nitrogen and oxygen atoms in total. The zero-order valence-corrected chi connectivity index (χ0v) is 11.9. The minimum atomic E-state index is 0.444. The highest BCUT2D eigenvalue weighted by molar-refractivity contribution is 5.44. The van der Waals surface area contributed by atoms with E-state index in [-0.39, 0.29) is 0 Å². The van der Waals surface area contributed by atoms with Crippen LogP contribution in [0.15, 0.2) is 18.2 Å². The van der Waals surface area contributed by atoms with E-state index >= 15 is 0 Å². The molecular weight excluding hydrogens is 238 g/mol. The van der Waals surface area contributed by atoms with Crippen molar-refractivity contribution in [1.29, 1.82) is 0 Å². The van der Waals surface area contributed by atoms with Crippen molar-refractivity contribution in [3.63, 3.8) is 0 Å². The van der Waals surface area contributed by atoms with E-state index in [4.69, 9.17) is 9.47 Å². The Labute approximate surface area is 115 Å². The fourth-order valence-corrected chi connectivity index (χ4v) is 3.96. The van der Waals surface area contributed by atoms with Crippen LogP contribution in [-0.2, 0) is 0 Å². The molecule has 1 aromatic carbocycles. The summed E-state index contributed by atoms with van der Waals surface area (Å²) in [6, 6.07) is 6.18. The molecule has 1 heterocycles. The van der Waals surface area contributed by atoms with Crippen LogP contribution in [0, 0.1) is 5.41 Å². The molecule has 1 N–H and O–H groups in total.